The van der Waals surface area contributed by atoms with E-state index in [-0.39, 0.29) is 18.1 Å². The molecule has 3 N–H and O–H groups in total. The molecule has 0 aliphatic carbocycles. The number of benzene rings is 1. The number of primary sulfonamides is 1. The predicted molar refractivity (Wildman–Crippen MR) is 119 cm³/mol. The first kappa shape index (κ1) is 23.3. The molecule has 0 unspecified atom stereocenters. The number of aromatic nitrogens is 4. The number of nitrogens with zero attached hydrogens (tertiary/aromatic N) is 4. The third-order valence-electron chi connectivity index (χ3n) is 4.77. The molecule has 0 radical (unpaired) electrons. The number of pyridine rings is 2. The van der Waals surface area contributed by atoms with Crippen molar-refractivity contribution in [3.63, 3.8) is 0 Å². The van der Waals surface area contributed by atoms with Gasteiger partial charge in [-0.2, -0.15) is 13.2 Å². The molecular weight excluding hydrogens is 469 g/mol. The monoisotopic (exact) mass is 486 g/mol. The fraction of sp³-hybridized carbons (Fsp3) is 0.0909. The van der Waals surface area contributed by atoms with Crippen molar-refractivity contribution in [2.45, 2.75) is 17.6 Å². The van der Waals surface area contributed by atoms with Crippen molar-refractivity contribution in [2.75, 3.05) is 5.32 Å². The van der Waals surface area contributed by atoms with Crippen LogP contribution in [-0.4, -0.2) is 28.4 Å². The van der Waals surface area contributed by atoms with Gasteiger partial charge in [-0.05, 0) is 23.8 Å². The zero-order valence-corrected chi connectivity index (χ0v) is 18.2. The summed E-state index contributed by atoms with van der Waals surface area (Å²) in [4.78, 5) is 15.3. The molecule has 3 aromatic heterocycles. The maximum absolute atomic E-state index is 13.6. The second kappa shape index (κ2) is 9.15. The van der Waals surface area contributed by atoms with E-state index >= 15 is 0 Å². The number of nitrogens with two attached hydrogens (primary N) is 1. The van der Waals surface area contributed by atoms with Crippen LogP contribution < -0.4 is 10.5 Å². The Morgan fingerprint density at radius 3 is 2.35 bits per heavy atom. The van der Waals surface area contributed by atoms with Crippen LogP contribution in [0.5, 0.6) is 0 Å². The van der Waals surface area contributed by atoms with Crippen LogP contribution in [0.4, 0.5) is 19.1 Å². The minimum Gasteiger partial charge on any atom is -0.350 e. The van der Waals surface area contributed by atoms with Gasteiger partial charge in [0.05, 0.1) is 11.4 Å². The molecule has 0 atom stereocenters. The highest BCUT2D eigenvalue weighted by Gasteiger charge is 2.35. The Bertz CT molecular complexity index is 1410. The standard InChI is InChI=1S/C22H17F3N6O2S/c23-22(24,25)18-13-30-21(31-20(18)16-9-17(12-27-11-16)34(26,32)33)29-10-14-4-6-15(7-5-14)19-3-1-2-8-28-19/h1-9,11-13H,10H2,(H2,26,32,33)(H,29,30,31). The fourth-order valence-electron chi connectivity index (χ4n) is 3.11. The molecule has 8 nitrogen and oxygen atoms in total. The molecule has 0 aliphatic rings. The molecule has 0 spiro atoms. The van der Waals surface area contributed by atoms with Gasteiger partial charge in [0.25, 0.3) is 0 Å². The highest BCUT2D eigenvalue weighted by molar-refractivity contribution is 7.89. The van der Waals surface area contributed by atoms with Gasteiger partial charge in [0.1, 0.15) is 10.5 Å². The van der Waals surface area contributed by atoms with Gasteiger partial charge in [-0.3, -0.25) is 9.97 Å². The summed E-state index contributed by atoms with van der Waals surface area (Å²) in [7, 11) is -4.17. The smallest absolute Gasteiger partial charge is 0.350 e. The summed E-state index contributed by atoms with van der Waals surface area (Å²) >= 11 is 0. The second-order valence-electron chi connectivity index (χ2n) is 7.17. The van der Waals surface area contributed by atoms with E-state index in [0.29, 0.717) is 6.20 Å². The van der Waals surface area contributed by atoms with E-state index in [4.69, 9.17) is 5.14 Å². The molecular formula is C22H17F3N6O2S. The maximum atomic E-state index is 13.6. The Hall–Kier alpha value is -3.90. The van der Waals surface area contributed by atoms with E-state index in [1.807, 2.05) is 42.5 Å². The quantitative estimate of drug-likeness (QED) is 0.424. The first-order chi connectivity index (χ1) is 16.1. The highest BCUT2D eigenvalue weighted by atomic mass is 32.2. The Labute approximate surface area is 192 Å². The van der Waals surface area contributed by atoms with Crippen LogP contribution in [0, 0.1) is 0 Å². The van der Waals surface area contributed by atoms with Crippen molar-refractivity contribution in [1.82, 2.24) is 19.9 Å². The summed E-state index contributed by atoms with van der Waals surface area (Å²) in [5.74, 6) is -0.0715. The molecule has 0 saturated heterocycles. The van der Waals surface area contributed by atoms with Crippen LogP contribution in [0.25, 0.3) is 22.5 Å². The van der Waals surface area contributed by atoms with Crippen molar-refractivity contribution < 1.29 is 21.6 Å². The molecule has 4 rings (SSSR count). The van der Waals surface area contributed by atoms with Crippen molar-refractivity contribution in [3.8, 4) is 22.5 Å². The summed E-state index contributed by atoms with van der Waals surface area (Å²) in [6.07, 6.45) is -0.419. The topological polar surface area (TPSA) is 124 Å². The van der Waals surface area contributed by atoms with E-state index < -0.39 is 32.4 Å². The van der Waals surface area contributed by atoms with Gasteiger partial charge in [-0.15, -0.1) is 0 Å². The number of hydrogen-bond acceptors (Lipinski definition) is 7. The van der Waals surface area contributed by atoms with Gasteiger partial charge in [0.2, 0.25) is 16.0 Å². The third kappa shape index (κ3) is 5.35. The lowest BCUT2D eigenvalue weighted by Gasteiger charge is -2.14. The fourth-order valence-corrected chi connectivity index (χ4v) is 3.61. The molecule has 0 bridgehead atoms. The van der Waals surface area contributed by atoms with Crippen molar-refractivity contribution in [2.24, 2.45) is 5.14 Å². The molecule has 4 aromatic rings. The number of sulfonamides is 1. The van der Waals surface area contributed by atoms with E-state index in [0.717, 1.165) is 35.3 Å². The number of nitrogens with one attached hydrogen (secondary N) is 1. The van der Waals surface area contributed by atoms with E-state index in [2.05, 4.69) is 25.3 Å². The Morgan fingerprint density at radius 2 is 1.71 bits per heavy atom. The van der Waals surface area contributed by atoms with Crippen LogP contribution in [-0.2, 0) is 22.7 Å². The Balaban J connectivity index is 1.60. The molecule has 0 saturated carbocycles. The van der Waals surface area contributed by atoms with Crippen LogP contribution in [0.3, 0.4) is 0 Å². The zero-order chi connectivity index (χ0) is 24.3. The Kier molecular flexibility index (Phi) is 6.26. The lowest BCUT2D eigenvalue weighted by Crippen LogP contribution is -2.14. The second-order valence-corrected chi connectivity index (χ2v) is 8.73. The molecule has 1 aromatic carbocycles. The first-order valence-electron chi connectivity index (χ1n) is 9.78. The van der Waals surface area contributed by atoms with Gasteiger partial charge in [0, 0.05) is 42.5 Å². The third-order valence-corrected chi connectivity index (χ3v) is 5.65. The zero-order valence-electron chi connectivity index (χ0n) is 17.4. The SMILES string of the molecule is NS(=O)(=O)c1cncc(-c2nc(NCc3ccc(-c4ccccn4)cc3)ncc2C(F)(F)F)c1. The van der Waals surface area contributed by atoms with Crippen LogP contribution in [0.2, 0.25) is 0 Å². The molecule has 12 heteroatoms. The predicted octanol–water partition coefficient (Wildman–Crippen LogP) is 3.88. The van der Waals surface area contributed by atoms with Gasteiger partial charge < -0.3 is 5.32 Å². The number of rotatable bonds is 6. The minimum atomic E-state index is -4.77. The van der Waals surface area contributed by atoms with Crippen molar-refractivity contribution >= 4 is 16.0 Å². The maximum Gasteiger partial charge on any atom is 0.419 e. The molecule has 0 amide bonds. The summed E-state index contributed by atoms with van der Waals surface area (Å²) in [6, 6.07) is 14.0. The van der Waals surface area contributed by atoms with Gasteiger partial charge in [-0.1, -0.05) is 30.3 Å². The van der Waals surface area contributed by atoms with E-state index in [1.165, 1.54) is 0 Å². The number of hydrogen-bond donors (Lipinski definition) is 2. The molecule has 174 valence electrons. The molecule has 0 aliphatic heterocycles. The molecule has 3 heterocycles. The number of halogens is 3. The summed E-state index contributed by atoms with van der Waals surface area (Å²) in [5, 5.41) is 7.96. The Morgan fingerprint density at radius 1 is 0.941 bits per heavy atom. The van der Waals surface area contributed by atoms with Gasteiger partial charge in [0.15, 0.2) is 0 Å². The summed E-state index contributed by atoms with van der Waals surface area (Å²) in [5.41, 5.74) is 0.749. The van der Waals surface area contributed by atoms with Gasteiger partial charge in [-0.25, -0.2) is 23.5 Å². The first-order valence-corrected chi connectivity index (χ1v) is 11.3. The van der Waals surface area contributed by atoms with Crippen molar-refractivity contribution in [1.29, 1.82) is 0 Å². The van der Waals surface area contributed by atoms with Crippen LogP contribution in [0.1, 0.15) is 11.1 Å². The highest BCUT2D eigenvalue weighted by Crippen LogP contribution is 2.36. The lowest BCUT2D eigenvalue weighted by atomic mass is 10.1. The molecule has 0 fully saturated rings. The summed E-state index contributed by atoms with van der Waals surface area (Å²) < 4.78 is 63.9. The van der Waals surface area contributed by atoms with E-state index in [9.17, 15) is 21.6 Å². The van der Waals surface area contributed by atoms with Crippen LogP contribution >= 0.6 is 0 Å². The van der Waals surface area contributed by atoms with Crippen LogP contribution in [0.15, 0.2) is 78.2 Å². The minimum absolute atomic E-state index is 0.0715. The average molecular weight is 486 g/mol. The van der Waals surface area contributed by atoms with E-state index in [1.54, 1.807) is 6.20 Å². The summed E-state index contributed by atoms with van der Waals surface area (Å²) in [6.45, 7) is 0.239. The lowest BCUT2D eigenvalue weighted by molar-refractivity contribution is -0.137. The normalized spacial score (nSPS) is 11.9. The molecule has 34 heavy (non-hydrogen) atoms. The number of alkyl halides is 3. The largest absolute Gasteiger partial charge is 0.419 e. The van der Waals surface area contributed by atoms with Gasteiger partial charge >= 0.3 is 6.18 Å². The van der Waals surface area contributed by atoms with Crippen molar-refractivity contribution in [3.05, 3.63) is 84.4 Å². The average Bonchev–Trinajstić information content (AvgIpc) is 2.82. The number of anilines is 1.